The van der Waals surface area contributed by atoms with Gasteiger partial charge in [0, 0.05) is 60.4 Å². The zero-order valence-corrected chi connectivity index (χ0v) is 26.9. The molecule has 0 fully saturated rings. The van der Waals surface area contributed by atoms with Crippen LogP contribution in [0, 0.1) is 0 Å². The summed E-state index contributed by atoms with van der Waals surface area (Å²) in [6.45, 7) is 0. The van der Waals surface area contributed by atoms with E-state index in [-0.39, 0.29) is 0 Å². The Balaban J connectivity index is 1.08. The summed E-state index contributed by atoms with van der Waals surface area (Å²) in [4.78, 5) is 6.78. The molecule has 0 atom stereocenters. The largest absolute Gasteiger partial charge is 0.455 e. The number of rotatable bonds is 6. The lowest BCUT2D eigenvalue weighted by atomic mass is 10.1. The number of para-hydroxylation sites is 3. The van der Waals surface area contributed by atoms with E-state index >= 15 is 0 Å². The van der Waals surface area contributed by atoms with Crippen molar-refractivity contribution in [1.82, 2.24) is 0 Å². The van der Waals surface area contributed by atoms with Crippen molar-refractivity contribution in [3.8, 4) is 11.5 Å². The highest BCUT2D eigenvalue weighted by atomic mass is 32.2. The third-order valence-corrected chi connectivity index (χ3v) is 10.7. The van der Waals surface area contributed by atoms with Crippen molar-refractivity contribution in [2.75, 3.05) is 9.80 Å². The maximum Gasteiger partial charge on any atom is 0.143 e. The lowest BCUT2D eigenvalue weighted by molar-refractivity contribution is 0.455. The zero-order valence-electron chi connectivity index (χ0n) is 25.3. The van der Waals surface area contributed by atoms with Gasteiger partial charge in [0.25, 0.3) is 0 Å². The first-order valence-electron chi connectivity index (χ1n) is 15.6. The van der Waals surface area contributed by atoms with Gasteiger partial charge in [-0.3, -0.25) is 0 Å². The summed E-state index contributed by atoms with van der Waals surface area (Å²) in [5, 5.41) is 2.61. The van der Waals surface area contributed by atoms with Crippen molar-refractivity contribution in [3.63, 3.8) is 0 Å². The van der Waals surface area contributed by atoms with E-state index in [4.69, 9.17) is 4.74 Å². The summed E-state index contributed by atoms with van der Waals surface area (Å²) < 4.78 is 9.21. The summed E-state index contributed by atoms with van der Waals surface area (Å²) in [7, 11) is 0. The molecule has 0 amide bonds. The molecule has 0 bridgehead atoms. The number of benzene rings is 7. The van der Waals surface area contributed by atoms with E-state index in [9.17, 15) is 0 Å². The lowest BCUT2D eigenvalue weighted by Crippen LogP contribution is -2.11. The lowest BCUT2D eigenvalue weighted by Gasteiger charge is -2.29. The van der Waals surface area contributed by atoms with Crippen LogP contribution >= 0.6 is 23.1 Å². The van der Waals surface area contributed by atoms with Gasteiger partial charge in [0.15, 0.2) is 0 Å². The molecule has 5 heteroatoms. The monoisotopic (exact) mass is 640 g/mol. The molecule has 2 heterocycles. The van der Waals surface area contributed by atoms with Crippen LogP contribution in [-0.2, 0) is 0 Å². The van der Waals surface area contributed by atoms with Gasteiger partial charge in [0.05, 0.1) is 9.79 Å². The van der Waals surface area contributed by atoms with Crippen molar-refractivity contribution >= 4 is 77.4 Å². The summed E-state index contributed by atoms with van der Waals surface area (Å²) in [5.74, 6) is 1.72. The number of ether oxygens (including phenoxy) is 1. The first kappa shape index (κ1) is 27.8. The molecule has 0 radical (unpaired) electrons. The molecule has 3 nitrogen and oxygen atoms in total. The average Bonchev–Trinajstić information content (AvgIpc) is 3.50. The van der Waals surface area contributed by atoms with Gasteiger partial charge in [-0.15, -0.1) is 11.3 Å². The Hall–Kier alpha value is -5.49. The molecule has 0 spiro atoms. The number of anilines is 6. The Bertz CT molecular complexity index is 2330. The molecule has 47 heavy (non-hydrogen) atoms. The molecule has 0 saturated carbocycles. The van der Waals surface area contributed by atoms with E-state index in [1.807, 2.05) is 23.5 Å². The Kier molecular flexibility index (Phi) is 6.92. The van der Waals surface area contributed by atoms with Crippen LogP contribution in [0.15, 0.2) is 180 Å². The van der Waals surface area contributed by atoms with Gasteiger partial charge in [-0.2, -0.15) is 0 Å². The fourth-order valence-corrected chi connectivity index (χ4v) is 8.42. The number of hydrogen-bond donors (Lipinski definition) is 0. The van der Waals surface area contributed by atoms with E-state index in [0.717, 1.165) is 55.4 Å². The highest BCUT2D eigenvalue weighted by Crippen LogP contribution is 2.51. The molecule has 0 unspecified atom stereocenters. The Labute approximate surface area is 281 Å². The third-order valence-electron chi connectivity index (χ3n) is 8.47. The molecule has 224 valence electrons. The summed E-state index contributed by atoms with van der Waals surface area (Å²) in [5.41, 5.74) is 6.58. The second-order valence-electron chi connectivity index (χ2n) is 11.4. The first-order chi connectivity index (χ1) is 23.3. The Morgan fingerprint density at radius 2 is 0.894 bits per heavy atom. The molecule has 7 aromatic carbocycles. The summed E-state index contributed by atoms with van der Waals surface area (Å²) in [6.07, 6.45) is 0. The van der Waals surface area contributed by atoms with Crippen molar-refractivity contribution in [3.05, 3.63) is 170 Å². The van der Waals surface area contributed by atoms with Gasteiger partial charge < -0.3 is 14.5 Å². The second kappa shape index (κ2) is 11.7. The van der Waals surface area contributed by atoms with Gasteiger partial charge in [-0.25, -0.2) is 0 Å². The minimum Gasteiger partial charge on any atom is -0.455 e. The van der Waals surface area contributed by atoms with E-state index < -0.39 is 0 Å². The fraction of sp³-hybridized carbons (Fsp3) is 0. The predicted octanol–water partition coefficient (Wildman–Crippen LogP) is 13.3. The van der Waals surface area contributed by atoms with Crippen LogP contribution in [0.5, 0.6) is 11.5 Å². The highest BCUT2D eigenvalue weighted by molar-refractivity contribution is 7.99. The van der Waals surface area contributed by atoms with Gasteiger partial charge in [-0.05, 0) is 84.9 Å². The van der Waals surface area contributed by atoms with Crippen molar-refractivity contribution in [1.29, 1.82) is 0 Å². The number of hydrogen-bond acceptors (Lipinski definition) is 5. The smallest absolute Gasteiger partial charge is 0.143 e. The van der Waals surface area contributed by atoms with E-state index in [2.05, 4.69) is 168 Å². The van der Waals surface area contributed by atoms with Gasteiger partial charge in [0.2, 0.25) is 0 Å². The SMILES string of the molecule is c1ccc(N(c2ccccc2)c2ccc3c(c2)Oc2ccc(N(c4ccccc4)c4ccc5c(c4)sc4ccccc45)cc2S3)cc1. The van der Waals surface area contributed by atoms with Crippen molar-refractivity contribution in [2.24, 2.45) is 0 Å². The summed E-state index contributed by atoms with van der Waals surface area (Å²) in [6, 6.07) is 60.0. The van der Waals surface area contributed by atoms with Gasteiger partial charge >= 0.3 is 0 Å². The number of thiophene rings is 1. The van der Waals surface area contributed by atoms with E-state index in [0.29, 0.717) is 0 Å². The second-order valence-corrected chi connectivity index (χ2v) is 13.6. The van der Waals surface area contributed by atoms with Crippen molar-refractivity contribution < 1.29 is 4.74 Å². The maximum atomic E-state index is 6.61. The maximum absolute atomic E-state index is 6.61. The van der Waals surface area contributed by atoms with Crippen molar-refractivity contribution in [2.45, 2.75) is 9.79 Å². The molecular formula is C42H28N2OS2. The normalized spacial score (nSPS) is 11.9. The minimum atomic E-state index is 0.861. The highest BCUT2D eigenvalue weighted by Gasteiger charge is 2.23. The van der Waals surface area contributed by atoms with Crippen LogP contribution < -0.4 is 14.5 Å². The van der Waals surface area contributed by atoms with Crippen LogP contribution in [0.2, 0.25) is 0 Å². The van der Waals surface area contributed by atoms with Crippen LogP contribution in [-0.4, -0.2) is 0 Å². The molecule has 0 N–H and O–H groups in total. The zero-order chi connectivity index (χ0) is 31.2. The van der Waals surface area contributed by atoms with Crippen LogP contribution in [0.1, 0.15) is 0 Å². The molecular weight excluding hydrogens is 613 g/mol. The molecule has 8 aromatic rings. The summed E-state index contributed by atoms with van der Waals surface area (Å²) >= 11 is 3.60. The molecule has 0 aliphatic carbocycles. The Morgan fingerprint density at radius 3 is 1.60 bits per heavy atom. The van der Waals surface area contributed by atoms with E-state index in [1.165, 1.54) is 20.2 Å². The molecule has 0 saturated heterocycles. The molecule has 1 aliphatic rings. The molecule has 1 aliphatic heterocycles. The standard InChI is InChI=1S/C42H28N2OS2/c1-4-12-29(13-5-1)43(30-14-6-2-7-15-30)32-22-25-40-38(26-32)45-37-24-21-34(28-42(37)47-40)44(31-16-8-3-9-17-31)33-20-23-36-35-18-10-11-19-39(35)46-41(36)27-33/h1-28H. The number of fused-ring (bicyclic) bond motifs is 5. The average molecular weight is 641 g/mol. The first-order valence-corrected chi connectivity index (χ1v) is 17.2. The van der Waals surface area contributed by atoms with E-state index in [1.54, 1.807) is 11.8 Å². The van der Waals surface area contributed by atoms with Crippen LogP contribution in [0.3, 0.4) is 0 Å². The minimum absolute atomic E-state index is 0.861. The molecule has 1 aromatic heterocycles. The predicted molar refractivity (Wildman–Crippen MR) is 199 cm³/mol. The van der Waals surface area contributed by atoms with Crippen LogP contribution in [0.25, 0.3) is 20.2 Å². The fourth-order valence-electron chi connectivity index (χ4n) is 6.32. The van der Waals surface area contributed by atoms with Crippen LogP contribution in [0.4, 0.5) is 34.1 Å². The third kappa shape index (κ3) is 5.10. The van der Waals surface area contributed by atoms with Gasteiger partial charge in [0.1, 0.15) is 11.5 Å². The molecule has 9 rings (SSSR count). The number of nitrogens with zero attached hydrogens (tertiary/aromatic N) is 2. The van der Waals surface area contributed by atoms with Gasteiger partial charge in [-0.1, -0.05) is 90.6 Å². The quantitative estimate of drug-likeness (QED) is 0.180. The topological polar surface area (TPSA) is 15.7 Å². The Morgan fingerprint density at radius 1 is 0.362 bits per heavy atom.